The number of hydrogen-bond acceptors (Lipinski definition) is 3. The normalized spacial score (nSPS) is 22.3. The number of aryl methyl sites for hydroxylation is 1. The smallest absolute Gasteiger partial charge is 0.410 e. The van der Waals surface area contributed by atoms with Crippen molar-refractivity contribution in [3.63, 3.8) is 0 Å². The van der Waals surface area contributed by atoms with Crippen LogP contribution in [0.1, 0.15) is 61.5 Å². The lowest BCUT2D eigenvalue weighted by atomic mass is 9.85. The Hall–Kier alpha value is -1.75. The monoisotopic (exact) mass is 364 g/mol. The molecular weight excluding hydrogens is 340 g/mol. The highest BCUT2D eigenvalue weighted by atomic mass is 35.5. The van der Waals surface area contributed by atoms with Crippen LogP contribution in [0.25, 0.3) is 0 Å². The zero-order chi connectivity index (χ0) is 18.4. The summed E-state index contributed by atoms with van der Waals surface area (Å²) in [5, 5.41) is 3.49. The first-order valence-electron chi connectivity index (χ1n) is 8.80. The van der Waals surface area contributed by atoms with Gasteiger partial charge in [-0.25, -0.2) is 4.79 Å². The molecule has 0 spiro atoms. The molecule has 0 aliphatic carbocycles. The number of benzene rings is 1. The number of halogens is 1. The predicted molar refractivity (Wildman–Crippen MR) is 97.2 cm³/mol. The Kier molecular flexibility index (Phi) is 4.71. The molecule has 1 N–H and O–H groups in total. The molecule has 0 aromatic heterocycles. The molecule has 2 atom stereocenters. The van der Waals surface area contributed by atoms with E-state index in [4.69, 9.17) is 16.3 Å². The van der Waals surface area contributed by atoms with Crippen LogP contribution >= 0.6 is 11.6 Å². The molecule has 5 nitrogen and oxygen atoms in total. The number of fused-ring (bicyclic) bond motifs is 3. The van der Waals surface area contributed by atoms with Gasteiger partial charge >= 0.3 is 6.09 Å². The van der Waals surface area contributed by atoms with Gasteiger partial charge < -0.3 is 15.0 Å². The molecule has 0 unspecified atom stereocenters. The highest BCUT2D eigenvalue weighted by molar-refractivity contribution is 6.34. The molecule has 0 saturated carbocycles. The van der Waals surface area contributed by atoms with Gasteiger partial charge in [-0.3, -0.25) is 4.79 Å². The van der Waals surface area contributed by atoms with Gasteiger partial charge in [-0.15, -0.1) is 0 Å². The quantitative estimate of drug-likeness (QED) is 0.869. The summed E-state index contributed by atoms with van der Waals surface area (Å²) in [4.78, 5) is 26.6. The van der Waals surface area contributed by atoms with Crippen LogP contribution in [0, 0.1) is 0 Å². The van der Waals surface area contributed by atoms with Gasteiger partial charge in [0.1, 0.15) is 5.60 Å². The molecule has 2 heterocycles. The van der Waals surface area contributed by atoms with E-state index in [0.29, 0.717) is 23.7 Å². The van der Waals surface area contributed by atoms with Crippen LogP contribution in [-0.2, 0) is 11.2 Å². The Morgan fingerprint density at radius 3 is 2.72 bits per heavy atom. The molecule has 0 radical (unpaired) electrons. The molecule has 6 heteroatoms. The fourth-order valence-corrected chi connectivity index (χ4v) is 3.97. The van der Waals surface area contributed by atoms with Crippen molar-refractivity contribution in [2.24, 2.45) is 0 Å². The van der Waals surface area contributed by atoms with E-state index in [-0.39, 0.29) is 24.0 Å². The second kappa shape index (κ2) is 6.52. The fraction of sp³-hybridized carbons (Fsp3) is 0.579. The van der Waals surface area contributed by atoms with E-state index in [1.165, 1.54) is 0 Å². The van der Waals surface area contributed by atoms with E-state index < -0.39 is 5.60 Å². The molecule has 2 amide bonds. The van der Waals surface area contributed by atoms with Gasteiger partial charge in [0.05, 0.1) is 16.6 Å². The molecule has 25 heavy (non-hydrogen) atoms. The number of ether oxygens (including phenoxy) is 1. The van der Waals surface area contributed by atoms with Crippen LogP contribution in [0.2, 0.25) is 5.02 Å². The van der Waals surface area contributed by atoms with Crippen LogP contribution in [-0.4, -0.2) is 41.6 Å². The molecule has 1 aromatic carbocycles. The van der Waals surface area contributed by atoms with E-state index in [9.17, 15) is 9.59 Å². The number of carbonyl (C=O) groups is 2. The molecule has 1 aromatic rings. The van der Waals surface area contributed by atoms with Gasteiger partial charge in [0.25, 0.3) is 5.91 Å². The van der Waals surface area contributed by atoms with Crippen molar-refractivity contribution in [3.05, 3.63) is 33.8 Å². The van der Waals surface area contributed by atoms with Crippen molar-refractivity contribution >= 4 is 23.6 Å². The summed E-state index contributed by atoms with van der Waals surface area (Å²) in [5.74, 6) is -0.107. The van der Waals surface area contributed by atoms with Crippen LogP contribution in [0.3, 0.4) is 0 Å². The third kappa shape index (κ3) is 3.61. The summed E-state index contributed by atoms with van der Waals surface area (Å²) in [6.07, 6.45) is 1.59. The second-order valence-electron chi connectivity index (χ2n) is 7.86. The second-order valence-corrected chi connectivity index (χ2v) is 8.27. The zero-order valence-electron chi connectivity index (χ0n) is 15.2. The predicted octanol–water partition coefficient (Wildman–Crippen LogP) is 3.74. The van der Waals surface area contributed by atoms with E-state index in [2.05, 4.69) is 18.3 Å². The average Bonchev–Trinajstić information content (AvgIpc) is 2.89. The van der Waals surface area contributed by atoms with Gasteiger partial charge in [-0.05, 0) is 44.4 Å². The van der Waals surface area contributed by atoms with Crippen LogP contribution in [0.5, 0.6) is 0 Å². The Morgan fingerprint density at radius 1 is 1.36 bits per heavy atom. The maximum atomic E-state index is 12.5. The Morgan fingerprint density at radius 2 is 2.08 bits per heavy atom. The van der Waals surface area contributed by atoms with Crippen molar-refractivity contribution in [2.75, 3.05) is 13.1 Å². The summed E-state index contributed by atoms with van der Waals surface area (Å²) in [5.41, 5.74) is 2.10. The lowest BCUT2D eigenvalue weighted by Gasteiger charge is -2.29. The number of nitrogens with one attached hydrogen (secondary N) is 1. The molecule has 0 bridgehead atoms. The standard InChI is InChI=1S/C19H25ClN2O3/c1-5-6-11-7-12-13-9-22(18(24)25-19(2,3)4)10-15(13)21-17(23)16(12)14(20)8-11/h7-8,13,15H,5-6,9-10H2,1-4H3,(H,21,23)/t13-,15+/m1/s1. The first kappa shape index (κ1) is 18.1. The summed E-state index contributed by atoms with van der Waals surface area (Å²) in [6, 6.07) is 3.87. The highest BCUT2D eigenvalue weighted by Crippen LogP contribution is 2.38. The molecular formula is C19H25ClN2O3. The number of nitrogens with zero attached hydrogens (tertiary/aromatic N) is 1. The number of hydrogen-bond donors (Lipinski definition) is 1. The van der Waals surface area contributed by atoms with Crippen molar-refractivity contribution in [2.45, 2.75) is 58.1 Å². The Labute approximate surface area is 153 Å². The molecule has 2 aliphatic rings. The van der Waals surface area contributed by atoms with E-state index in [1.807, 2.05) is 26.8 Å². The minimum Gasteiger partial charge on any atom is -0.444 e. The van der Waals surface area contributed by atoms with Crippen LogP contribution in [0.4, 0.5) is 4.79 Å². The minimum absolute atomic E-state index is 0.0505. The van der Waals surface area contributed by atoms with Crippen molar-refractivity contribution in [1.29, 1.82) is 0 Å². The number of rotatable bonds is 2. The SMILES string of the molecule is CCCc1cc(Cl)c2c(c1)[C@H]1CN(C(=O)OC(C)(C)C)C[C@@H]1NC2=O. The van der Waals surface area contributed by atoms with Crippen molar-refractivity contribution in [3.8, 4) is 0 Å². The van der Waals surface area contributed by atoms with Gasteiger partial charge in [0.15, 0.2) is 0 Å². The first-order valence-corrected chi connectivity index (χ1v) is 9.18. The summed E-state index contributed by atoms with van der Waals surface area (Å²) in [7, 11) is 0. The topological polar surface area (TPSA) is 58.6 Å². The lowest BCUT2D eigenvalue weighted by Crippen LogP contribution is -2.45. The number of likely N-dealkylation sites (tertiary alicyclic amines) is 1. The molecule has 1 fully saturated rings. The summed E-state index contributed by atoms with van der Waals surface area (Å²) >= 11 is 6.39. The maximum absolute atomic E-state index is 12.5. The minimum atomic E-state index is -0.538. The number of amides is 2. The largest absolute Gasteiger partial charge is 0.444 e. The fourth-order valence-electron chi connectivity index (χ4n) is 3.63. The third-order valence-corrected chi connectivity index (χ3v) is 4.93. The molecule has 1 saturated heterocycles. The first-order chi connectivity index (χ1) is 11.7. The maximum Gasteiger partial charge on any atom is 0.410 e. The average molecular weight is 365 g/mol. The molecule has 136 valence electrons. The van der Waals surface area contributed by atoms with Gasteiger partial charge in [-0.2, -0.15) is 0 Å². The Bertz CT molecular complexity index is 711. The van der Waals surface area contributed by atoms with Gasteiger partial charge in [0, 0.05) is 19.0 Å². The zero-order valence-corrected chi connectivity index (χ0v) is 15.9. The lowest BCUT2D eigenvalue weighted by molar-refractivity contribution is 0.0288. The number of carbonyl (C=O) groups excluding carboxylic acids is 2. The van der Waals surface area contributed by atoms with Crippen molar-refractivity contribution in [1.82, 2.24) is 10.2 Å². The van der Waals surface area contributed by atoms with Crippen molar-refractivity contribution < 1.29 is 14.3 Å². The Balaban J connectivity index is 1.89. The molecule has 2 aliphatic heterocycles. The van der Waals surface area contributed by atoms with Gasteiger partial charge in [-0.1, -0.05) is 31.0 Å². The third-order valence-electron chi connectivity index (χ3n) is 4.63. The van der Waals surface area contributed by atoms with E-state index >= 15 is 0 Å². The summed E-state index contributed by atoms with van der Waals surface area (Å²) in [6.45, 7) is 8.65. The van der Waals surface area contributed by atoms with Gasteiger partial charge in [0.2, 0.25) is 0 Å². The van der Waals surface area contributed by atoms with E-state index in [0.717, 1.165) is 24.0 Å². The molecule has 3 rings (SSSR count). The van der Waals surface area contributed by atoms with Crippen LogP contribution < -0.4 is 5.32 Å². The highest BCUT2D eigenvalue weighted by Gasteiger charge is 2.43. The summed E-state index contributed by atoms with van der Waals surface area (Å²) < 4.78 is 5.48. The van der Waals surface area contributed by atoms with E-state index in [1.54, 1.807) is 4.90 Å². The van der Waals surface area contributed by atoms with Crippen LogP contribution in [0.15, 0.2) is 12.1 Å².